The van der Waals surface area contributed by atoms with E-state index in [1.165, 1.54) is 12.8 Å². The first-order chi connectivity index (χ1) is 8.74. The number of nitrogen functional groups attached to an aromatic ring is 2. The Morgan fingerprint density at radius 1 is 1.16 bits per heavy atom. The lowest BCUT2D eigenvalue weighted by atomic mass is 9.69. The van der Waals surface area contributed by atoms with Crippen LogP contribution >= 0.6 is 0 Å². The summed E-state index contributed by atoms with van der Waals surface area (Å²) >= 11 is 0. The third-order valence-electron chi connectivity index (χ3n) is 4.85. The maximum absolute atomic E-state index is 6.03. The molecule has 4 heteroatoms. The molecule has 0 bridgehead atoms. The first-order valence-corrected chi connectivity index (χ1v) is 6.93. The van der Waals surface area contributed by atoms with Gasteiger partial charge in [-0.05, 0) is 50.3 Å². The quantitative estimate of drug-likeness (QED) is 0.717. The van der Waals surface area contributed by atoms with E-state index < -0.39 is 0 Å². The molecule has 2 rings (SSSR count). The van der Waals surface area contributed by atoms with Crippen molar-refractivity contribution in [1.82, 2.24) is 5.01 Å². The fraction of sp³-hybridized carbons (Fsp3) is 0.600. The van der Waals surface area contributed by atoms with Crippen LogP contribution in [0.1, 0.15) is 40.5 Å². The van der Waals surface area contributed by atoms with E-state index in [4.69, 9.17) is 11.5 Å². The molecule has 0 unspecified atom stereocenters. The zero-order chi connectivity index (χ0) is 14.3. The van der Waals surface area contributed by atoms with E-state index in [9.17, 15) is 0 Å². The Labute approximate surface area is 116 Å². The Kier molecular flexibility index (Phi) is 3.39. The molecule has 0 saturated carbocycles. The number of hydrogen-bond donors (Lipinski definition) is 3. The van der Waals surface area contributed by atoms with Gasteiger partial charge in [0, 0.05) is 17.8 Å². The topological polar surface area (TPSA) is 67.3 Å². The van der Waals surface area contributed by atoms with Gasteiger partial charge in [-0.2, -0.15) is 0 Å². The minimum atomic E-state index is 0.0685. The van der Waals surface area contributed by atoms with E-state index in [0.29, 0.717) is 11.4 Å². The van der Waals surface area contributed by atoms with Gasteiger partial charge in [0.05, 0.1) is 11.4 Å². The maximum atomic E-state index is 6.03. The largest absolute Gasteiger partial charge is 0.399 e. The Balaban J connectivity index is 2.22. The van der Waals surface area contributed by atoms with Crippen LogP contribution in [0.3, 0.4) is 0 Å². The van der Waals surface area contributed by atoms with E-state index in [0.717, 1.165) is 12.2 Å². The number of piperidine rings is 1. The summed E-state index contributed by atoms with van der Waals surface area (Å²) < 4.78 is 0. The number of nitrogens with two attached hydrogens (primary N) is 2. The summed E-state index contributed by atoms with van der Waals surface area (Å²) in [5, 5.41) is 2.30. The summed E-state index contributed by atoms with van der Waals surface area (Å²) in [6.07, 6.45) is 2.44. The maximum Gasteiger partial charge on any atom is 0.0721 e. The van der Waals surface area contributed by atoms with Gasteiger partial charge in [-0.25, -0.2) is 5.01 Å². The number of rotatable bonds is 2. The molecule has 0 aromatic heterocycles. The minimum absolute atomic E-state index is 0.0685. The van der Waals surface area contributed by atoms with Gasteiger partial charge in [-0.3, -0.25) is 0 Å². The van der Waals surface area contributed by atoms with Crippen LogP contribution in [0, 0.1) is 5.41 Å². The van der Waals surface area contributed by atoms with Gasteiger partial charge in [0.15, 0.2) is 0 Å². The highest BCUT2D eigenvalue weighted by Crippen LogP contribution is 2.43. The number of hydrogen-bond acceptors (Lipinski definition) is 4. The van der Waals surface area contributed by atoms with Gasteiger partial charge < -0.3 is 16.9 Å². The Morgan fingerprint density at radius 3 is 2.47 bits per heavy atom. The van der Waals surface area contributed by atoms with Crippen LogP contribution in [0.5, 0.6) is 0 Å². The first-order valence-electron chi connectivity index (χ1n) is 6.93. The average molecular weight is 262 g/mol. The molecule has 1 heterocycles. The lowest BCUT2D eigenvalue weighted by Gasteiger charge is -2.53. The van der Waals surface area contributed by atoms with E-state index in [2.05, 4.69) is 38.1 Å². The molecular formula is C15H26N4. The van der Waals surface area contributed by atoms with Crippen molar-refractivity contribution in [2.75, 3.05) is 23.4 Å². The van der Waals surface area contributed by atoms with Crippen LogP contribution in [-0.2, 0) is 0 Å². The minimum Gasteiger partial charge on any atom is -0.399 e. The van der Waals surface area contributed by atoms with E-state index in [1.807, 2.05) is 12.1 Å². The van der Waals surface area contributed by atoms with Gasteiger partial charge in [0.1, 0.15) is 0 Å². The van der Waals surface area contributed by atoms with Crippen molar-refractivity contribution < 1.29 is 0 Å². The molecule has 19 heavy (non-hydrogen) atoms. The molecule has 0 radical (unpaired) electrons. The lowest BCUT2D eigenvalue weighted by molar-refractivity contribution is -0.0129. The molecule has 0 atom stereocenters. The summed E-state index contributed by atoms with van der Waals surface area (Å²) in [7, 11) is 0. The third kappa shape index (κ3) is 2.50. The van der Waals surface area contributed by atoms with E-state index in [-0.39, 0.29) is 11.0 Å². The molecule has 1 aromatic carbocycles. The van der Waals surface area contributed by atoms with Crippen molar-refractivity contribution in [3.05, 3.63) is 18.2 Å². The number of nitrogens with one attached hydrogen (secondary N) is 1. The zero-order valence-corrected chi connectivity index (χ0v) is 12.5. The Hall–Kier alpha value is -1.42. The standard InChI is InChI=1S/C15H26N4/c1-14(2)8-5-9-19(15(14,3)4)18-13-7-6-11(16)10-12(13)17/h6-7,10,18H,5,8-9,16-17H2,1-4H3. The molecule has 0 amide bonds. The van der Waals surface area contributed by atoms with E-state index >= 15 is 0 Å². The van der Waals surface area contributed by atoms with Gasteiger partial charge in [-0.15, -0.1) is 0 Å². The van der Waals surface area contributed by atoms with Crippen LogP contribution in [-0.4, -0.2) is 17.1 Å². The summed E-state index contributed by atoms with van der Waals surface area (Å²) in [4.78, 5) is 0. The molecule has 106 valence electrons. The van der Waals surface area contributed by atoms with Crippen molar-refractivity contribution in [3.63, 3.8) is 0 Å². The summed E-state index contributed by atoms with van der Waals surface area (Å²) in [5.41, 5.74) is 17.9. The molecule has 1 aromatic rings. The first kappa shape index (κ1) is 14.0. The van der Waals surface area contributed by atoms with Gasteiger partial charge in [-0.1, -0.05) is 13.8 Å². The van der Waals surface area contributed by atoms with Crippen molar-refractivity contribution in [3.8, 4) is 0 Å². The lowest BCUT2D eigenvalue weighted by Crippen LogP contribution is -2.59. The van der Waals surface area contributed by atoms with Crippen LogP contribution in [0.15, 0.2) is 18.2 Å². The highest BCUT2D eigenvalue weighted by molar-refractivity contribution is 5.70. The molecule has 0 aliphatic carbocycles. The number of hydrazine groups is 1. The van der Waals surface area contributed by atoms with Crippen LogP contribution < -0.4 is 16.9 Å². The van der Waals surface area contributed by atoms with Gasteiger partial charge in [0.25, 0.3) is 0 Å². The number of anilines is 3. The summed E-state index contributed by atoms with van der Waals surface area (Å²) in [6, 6.07) is 5.62. The molecule has 1 aliphatic heterocycles. The van der Waals surface area contributed by atoms with Crippen molar-refractivity contribution in [2.45, 2.75) is 46.1 Å². The van der Waals surface area contributed by atoms with Crippen molar-refractivity contribution in [1.29, 1.82) is 0 Å². The molecule has 1 aliphatic rings. The number of nitrogens with zero attached hydrogens (tertiary/aromatic N) is 1. The predicted molar refractivity (Wildman–Crippen MR) is 82.7 cm³/mol. The zero-order valence-electron chi connectivity index (χ0n) is 12.5. The Morgan fingerprint density at radius 2 is 1.84 bits per heavy atom. The number of benzene rings is 1. The molecule has 1 saturated heterocycles. The SMILES string of the molecule is CC1(C)CCCN(Nc2ccc(N)cc2N)C1(C)C. The molecular weight excluding hydrogens is 236 g/mol. The fourth-order valence-corrected chi connectivity index (χ4v) is 2.65. The second-order valence-corrected chi connectivity index (χ2v) is 6.66. The highest BCUT2D eigenvalue weighted by Gasteiger charge is 2.44. The normalized spacial score (nSPS) is 22.1. The van der Waals surface area contributed by atoms with Crippen molar-refractivity contribution >= 4 is 17.1 Å². The second kappa shape index (κ2) is 4.60. The summed E-state index contributed by atoms with van der Waals surface area (Å²) in [6.45, 7) is 10.2. The van der Waals surface area contributed by atoms with Crippen LogP contribution in [0.25, 0.3) is 0 Å². The fourth-order valence-electron chi connectivity index (χ4n) is 2.65. The molecule has 5 N–H and O–H groups in total. The monoisotopic (exact) mass is 262 g/mol. The predicted octanol–water partition coefficient (Wildman–Crippen LogP) is 3.08. The highest BCUT2D eigenvalue weighted by atomic mass is 15.5. The van der Waals surface area contributed by atoms with Crippen molar-refractivity contribution in [2.24, 2.45) is 5.41 Å². The second-order valence-electron chi connectivity index (χ2n) is 6.66. The van der Waals surface area contributed by atoms with Gasteiger partial charge in [0.2, 0.25) is 0 Å². The average Bonchev–Trinajstić information content (AvgIpc) is 2.28. The van der Waals surface area contributed by atoms with Gasteiger partial charge >= 0.3 is 0 Å². The molecule has 0 spiro atoms. The summed E-state index contributed by atoms with van der Waals surface area (Å²) in [5.74, 6) is 0. The Bertz CT molecular complexity index is 465. The van der Waals surface area contributed by atoms with Crippen LogP contribution in [0.2, 0.25) is 0 Å². The molecule has 1 fully saturated rings. The van der Waals surface area contributed by atoms with E-state index in [1.54, 1.807) is 6.07 Å². The van der Waals surface area contributed by atoms with Crippen LogP contribution in [0.4, 0.5) is 17.1 Å². The molecule has 4 nitrogen and oxygen atoms in total. The third-order valence-corrected chi connectivity index (χ3v) is 4.85. The smallest absolute Gasteiger partial charge is 0.0721 e.